The van der Waals surface area contributed by atoms with E-state index in [4.69, 9.17) is 21.7 Å². The molecule has 11 heavy (non-hydrogen) atoms. The Labute approximate surface area is 78.1 Å². The summed E-state index contributed by atoms with van der Waals surface area (Å²) in [5.41, 5.74) is 0. The normalized spacial score (nSPS) is 10.3. The van der Waals surface area contributed by atoms with E-state index < -0.39 is 0 Å². The monoisotopic (exact) mass is 195 g/mol. The maximum absolute atomic E-state index is 4.96. The van der Waals surface area contributed by atoms with Gasteiger partial charge >= 0.3 is 0 Å². The van der Waals surface area contributed by atoms with Gasteiger partial charge < -0.3 is 14.4 Å². The average molecular weight is 195 g/mol. The van der Waals surface area contributed by atoms with Crippen LogP contribution in [0.2, 0.25) is 0 Å². The van der Waals surface area contributed by atoms with E-state index in [1.807, 2.05) is 7.05 Å². The van der Waals surface area contributed by atoms with Crippen molar-refractivity contribution in [3.63, 3.8) is 0 Å². The molecule has 0 amide bonds. The number of nitrogens with zero attached hydrogens (tertiary/aromatic N) is 1. The molecule has 5 heteroatoms. The predicted octanol–water partition coefficient (Wildman–Crippen LogP) is 0.752. The van der Waals surface area contributed by atoms with Gasteiger partial charge in [-0.15, -0.1) is 12.6 Å². The quantitative estimate of drug-likeness (QED) is 0.406. The van der Waals surface area contributed by atoms with E-state index in [9.17, 15) is 0 Å². The van der Waals surface area contributed by atoms with Gasteiger partial charge in [0.15, 0.2) is 6.29 Å². The molecule has 0 aromatic carbocycles. The molecule has 0 saturated carbocycles. The Kier molecular flexibility index (Phi) is 5.85. The summed E-state index contributed by atoms with van der Waals surface area (Å²) >= 11 is 8.80. The molecule has 0 aliphatic rings. The first-order valence-electron chi connectivity index (χ1n) is 3.11. The zero-order valence-electron chi connectivity index (χ0n) is 6.90. The number of methoxy groups -OCH3 is 2. The van der Waals surface area contributed by atoms with Gasteiger partial charge in [-0.25, -0.2) is 0 Å². The number of thiol groups is 1. The summed E-state index contributed by atoms with van der Waals surface area (Å²) in [5, 5.41) is 0. The fourth-order valence-electron chi connectivity index (χ4n) is 0.547. The molecular weight excluding hydrogens is 182 g/mol. The maximum Gasteiger partial charge on any atom is 0.174 e. The highest BCUT2D eigenvalue weighted by Gasteiger charge is 2.08. The van der Waals surface area contributed by atoms with Crippen LogP contribution in [-0.4, -0.2) is 43.3 Å². The van der Waals surface area contributed by atoms with E-state index in [0.29, 0.717) is 10.9 Å². The Bertz CT molecular complexity index is 128. The van der Waals surface area contributed by atoms with Crippen molar-refractivity contribution < 1.29 is 9.47 Å². The summed E-state index contributed by atoms with van der Waals surface area (Å²) in [5.74, 6) is 0. The summed E-state index contributed by atoms with van der Waals surface area (Å²) < 4.78 is 10.5. The Balaban J connectivity index is 3.71. The molecule has 0 aliphatic carbocycles. The van der Waals surface area contributed by atoms with Crippen LogP contribution in [-0.2, 0) is 9.47 Å². The number of thiocarbonyl (C=S) groups is 1. The van der Waals surface area contributed by atoms with Gasteiger partial charge in [0.1, 0.15) is 4.32 Å². The molecule has 0 N–H and O–H groups in total. The van der Waals surface area contributed by atoms with Crippen molar-refractivity contribution >= 4 is 29.2 Å². The van der Waals surface area contributed by atoms with E-state index in [1.54, 1.807) is 19.1 Å². The standard InChI is InChI=1S/C6H13NO2S2/c1-7(6(10)11)4-5(8-2)9-3/h5H,4H2,1-3H3,(H,10,11). The lowest BCUT2D eigenvalue weighted by Crippen LogP contribution is -2.33. The molecule has 0 atom stereocenters. The van der Waals surface area contributed by atoms with Crippen LogP contribution in [0.3, 0.4) is 0 Å². The van der Waals surface area contributed by atoms with Crippen LogP contribution in [0.4, 0.5) is 0 Å². The van der Waals surface area contributed by atoms with Gasteiger partial charge in [0.05, 0.1) is 6.54 Å². The molecule has 0 radical (unpaired) electrons. The van der Waals surface area contributed by atoms with Crippen LogP contribution >= 0.6 is 24.8 Å². The van der Waals surface area contributed by atoms with E-state index in [2.05, 4.69) is 12.6 Å². The molecule has 3 nitrogen and oxygen atoms in total. The van der Waals surface area contributed by atoms with Gasteiger partial charge in [0.2, 0.25) is 0 Å². The van der Waals surface area contributed by atoms with Crippen LogP contribution in [0.5, 0.6) is 0 Å². The number of rotatable bonds is 4. The maximum atomic E-state index is 4.96. The van der Waals surface area contributed by atoms with Crippen molar-refractivity contribution in [2.45, 2.75) is 6.29 Å². The van der Waals surface area contributed by atoms with Crippen molar-refractivity contribution in [3.05, 3.63) is 0 Å². The molecule has 0 bridgehead atoms. The first kappa shape index (κ1) is 11.2. The van der Waals surface area contributed by atoms with Gasteiger partial charge in [-0.1, -0.05) is 12.2 Å². The molecule has 0 rings (SSSR count). The van der Waals surface area contributed by atoms with Crippen LogP contribution in [0.1, 0.15) is 0 Å². The lowest BCUT2D eigenvalue weighted by Gasteiger charge is -2.21. The molecule has 0 heterocycles. The third kappa shape index (κ3) is 4.58. The van der Waals surface area contributed by atoms with Gasteiger partial charge in [0, 0.05) is 21.3 Å². The first-order valence-corrected chi connectivity index (χ1v) is 3.97. The van der Waals surface area contributed by atoms with Crippen molar-refractivity contribution in [1.82, 2.24) is 4.90 Å². The molecule has 0 aliphatic heterocycles. The van der Waals surface area contributed by atoms with E-state index in [-0.39, 0.29) is 6.29 Å². The Morgan fingerprint density at radius 3 is 2.27 bits per heavy atom. The van der Waals surface area contributed by atoms with Crippen LogP contribution in [0, 0.1) is 0 Å². The second-order valence-electron chi connectivity index (χ2n) is 2.06. The highest BCUT2D eigenvalue weighted by molar-refractivity contribution is 8.10. The Morgan fingerprint density at radius 1 is 1.55 bits per heavy atom. The molecule has 0 aromatic heterocycles. The third-order valence-corrected chi connectivity index (χ3v) is 1.93. The van der Waals surface area contributed by atoms with Gasteiger partial charge in [-0.2, -0.15) is 0 Å². The van der Waals surface area contributed by atoms with Gasteiger partial charge in [-0.05, 0) is 0 Å². The molecule has 0 saturated heterocycles. The van der Waals surface area contributed by atoms with E-state index in [1.165, 1.54) is 0 Å². The third-order valence-electron chi connectivity index (χ3n) is 1.28. The summed E-state index contributed by atoms with van der Waals surface area (Å²) in [6.07, 6.45) is -0.245. The minimum Gasteiger partial charge on any atom is -0.356 e. The van der Waals surface area contributed by atoms with Crippen molar-refractivity contribution in [1.29, 1.82) is 0 Å². The minimum atomic E-state index is -0.245. The number of ether oxygens (including phenoxy) is 2. The highest BCUT2D eigenvalue weighted by Crippen LogP contribution is 1.98. The Hall–Kier alpha value is 0.160. The van der Waals surface area contributed by atoms with E-state index in [0.717, 1.165) is 0 Å². The average Bonchev–Trinajstić information content (AvgIpc) is 1.99. The van der Waals surface area contributed by atoms with Crippen molar-refractivity contribution in [2.24, 2.45) is 0 Å². The number of hydrogen-bond acceptors (Lipinski definition) is 3. The zero-order valence-corrected chi connectivity index (χ0v) is 8.61. The summed E-state index contributed by atoms with van der Waals surface area (Å²) in [6.45, 7) is 0.593. The first-order chi connectivity index (χ1) is 5.11. The topological polar surface area (TPSA) is 21.7 Å². The predicted molar refractivity (Wildman–Crippen MR) is 52.0 cm³/mol. The number of likely N-dealkylation sites (N-methyl/N-ethyl adjacent to an activating group) is 1. The van der Waals surface area contributed by atoms with Crippen molar-refractivity contribution in [3.8, 4) is 0 Å². The molecule has 66 valence electrons. The molecular formula is C6H13NO2S2. The molecule has 0 spiro atoms. The second kappa shape index (κ2) is 5.77. The largest absolute Gasteiger partial charge is 0.356 e. The minimum absolute atomic E-state index is 0.245. The lowest BCUT2D eigenvalue weighted by atomic mass is 10.6. The second-order valence-corrected chi connectivity index (χ2v) is 3.18. The lowest BCUT2D eigenvalue weighted by molar-refractivity contribution is -0.107. The summed E-state index contributed by atoms with van der Waals surface area (Å²) in [6, 6.07) is 0. The highest BCUT2D eigenvalue weighted by atomic mass is 32.1. The van der Waals surface area contributed by atoms with Crippen LogP contribution in [0.25, 0.3) is 0 Å². The fourth-order valence-corrected chi connectivity index (χ4v) is 0.703. The molecule has 0 aromatic rings. The Morgan fingerprint density at radius 2 is 2.00 bits per heavy atom. The number of hydrogen-bond donors (Lipinski definition) is 1. The van der Waals surface area contributed by atoms with E-state index >= 15 is 0 Å². The molecule has 0 fully saturated rings. The van der Waals surface area contributed by atoms with Gasteiger partial charge in [-0.3, -0.25) is 0 Å². The van der Waals surface area contributed by atoms with Crippen LogP contribution < -0.4 is 0 Å². The zero-order chi connectivity index (χ0) is 8.85. The summed E-state index contributed by atoms with van der Waals surface area (Å²) in [4.78, 5) is 1.77. The van der Waals surface area contributed by atoms with Crippen LogP contribution in [0.15, 0.2) is 0 Å². The van der Waals surface area contributed by atoms with Gasteiger partial charge in [0.25, 0.3) is 0 Å². The summed E-state index contributed by atoms with van der Waals surface area (Å²) in [7, 11) is 5.01. The fraction of sp³-hybridized carbons (Fsp3) is 0.833. The SMILES string of the molecule is COC(CN(C)C(=S)S)OC. The molecule has 0 unspecified atom stereocenters. The smallest absolute Gasteiger partial charge is 0.174 e. The van der Waals surface area contributed by atoms with Crippen molar-refractivity contribution in [2.75, 3.05) is 27.8 Å².